The van der Waals surface area contributed by atoms with E-state index in [2.05, 4.69) is 12.2 Å². The van der Waals surface area contributed by atoms with Gasteiger partial charge in [-0.2, -0.15) is 0 Å². The van der Waals surface area contributed by atoms with Gasteiger partial charge in [-0.15, -0.1) is 11.3 Å². The third kappa shape index (κ3) is 2.74. The van der Waals surface area contributed by atoms with Crippen molar-refractivity contribution in [3.63, 3.8) is 0 Å². The van der Waals surface area contributed by atoms with E-state index in [1.807, 2.05) is 24.3 Å². The summed E-state index contributed by atoms with van der Waals surface area (Å²) in [6.07, 6.45) is 2.11. The maximum absolute atomic E-state index is 13.7. The Hall–Kier alpha value is -2.53. The van der Waals surface area contributed by atoms with Crippen LogP contribution in [0.1, 0.15) is 19.8 Å². The molecule has 0 bridgehead atoms. The highest BCUT2D eigenvalue weighted by atomic mass is 32.1. The molecule has 0 atom stereocenters. The Labute approximate surface area is 148 Å². The topological polar surface area (TPSA) is 42.0 Å². The van der Waals surface area contributed by atoms with E-state index < -0.39 is 5.82 Å². The third-order valence-electron chi connectivity index (χ3n) is 4.30. The van der Waals surface area contributed by atoms with Crippen molar-refractivity contribution in [1.82, 2.24) is 4.98 Å². The Kier molecular flexibility index (Phi) is 4.09. The fourth-order valence-corrected chi connectivity index (χ4v) is 4.17. The minimum atomic E-state index is -0.393. The van der Waals surface area contributed by atoms with E-state index in [-0.39, 0.29) is 5.43 Å². The number of halogens is 1. The van der Waals surface area contributed by atoms with Crippen LogP contribution in [0.2, 0.25) is 0 Å². The summed E-state index contributed by atoms with van der Waals surface area (Å²) in [5.41, 5.74) is 0.634. The molecule has 4 aromatic rings. The fourth-order valence-electron chi connectivity index (χ4n) is 3.04. The van der Waals surface area contributed by atoms with Gasteiger partial charge < -0.3 is 5.32 Å². The monoisotopic (exact) mass is 352 g/mol. The van der Waals surface area contributed by atoms with Gasteiger partial charge in [0.05, 0.1) is 15.6 Å². The minimum absolute atomic E-state index is 0.139. The van der Waals surface area contributed by atoms with Gasteiger partial charge in [0, 0.05) is 22.0 Å². The highest BCUT2D eigenvalue weighted by molar-refractivity contribution is 7.25. The van der Waals surface area contributed by atoms with E-state index in [0.29, 0.717) is 10.8 Å². The highest BCUT2D eigenvalue weighted by Gasteiger charge is 2.15. The predicted molar refractivity (Wildman–Crippen MR) is 104 cm³/mol. The average molecular weight is 352 g/mol. The molecule has 1 N–H and O–H groups in total. The maximum Gasteiger partial charge on any atom is 0.196 e. The van der Waals surface area contributed by atoms with Crippen molar-refractivity contribution in [2.75, 3.05) is 11.9 Å². The van der Waals surface area contributed by atoms with Crippen LogP contribution in [-0.4, -0.2) is 11.5 Å². The Morgan fingerprint density at radius 1 is 1.16 bits per heavy atom. The molecule has 0 unspecified atom stereocenters. The molecule has 0 aliphatic heterocycles. The summed E-state index contributed by atoms with van der Waals surface area (Å²) in [4.78, 5) is 17.8. The molecule has 2 aromatic carbocycles. The van der Waals surface area contributed by atoms with Crippen molar-refractivity contribution in [2.24, 2.45) is 0 Å². The number of benzene rings is 2. The summed E-state index contributed by atoms with van der Waals surface area (Å²) < 4.78 is 15.3. The Balaban J connectivity index is 2.12. The summed E-state index contributed by atoms with van der Waals surface area (Å²) >= 11 is 1.48. The van der Waals surface area contributed by atoms with Gasteiger partial charge in [-0.3, -0.25) is 4.79 Å². The number of pyridine rings is 1. The Morgan fingerprint density at radius 2 is 2.00 bits per heavy atom. The molecule has 0 aliphatic carbocycles. The summed E-state index contributed by atoms with van der Waals surface area (Å²) in [5, 5.41) is 5.22. The van der Waals surface area contributed by atoms with Crippen LogP contribution in [0.15, 0.2) is 47.3 Å². The molecule has 25 heavy (non-hydrogen) atoms. The van der Waals surface area contributed by atoms with Crippen molar-refractivity contribution < 1.29 is 4.39 Å². The van der Waals surface area contributed by atoms with Crippen LogP contribution in [0, 0.1) is 5.82 Å². The predicted octanol–water partition coefficient (Wildman–Crippen LogP) is 5.31. The highest BCUT2D eigenvalue weighted by Crippen LogP contribution is 2.34. The second kappa shape index (κ2) is 6.41. The normalized spacial score (nSPS) is 11.4. The Morgan fingerprint density at radius 3 is 2.84 bits per heavy atom. The zero-order chi connectivity index (χ0) is 17.4. The van der Waals surface area contributed by atoms with Gasteiger partial charge in [-0.05, 0) is 30.7 Å². The lowest BCUT2D eigenvalue weighted by atomic mass is 10.1. The quantitative estimate of drug-likeness (QED) is 0.307. The first-order valence-electron chi connectivity index (χ1n) is 8.37. The zero-order valence-corrected chi connectivity index (χ0v) is 14.6. The van der Waals surface area contributed by atoms with Gasteiger partial charge in [0.2, 0.25) is 0 Å². The molecule has 0 fully saturated rings. The second-order valence-electron chi connectivity index (χ2n) is 6.03. The maximum atomic E-state index is 13.7. The van der Waals surface area contributed by atoms with Crippen molar-refractivity contribution >= 4 is 48.2 Å². The summed E-state index contributed by atoms with van der Waals surface area (Å²) in [6.45, 7) is 2.94. The van der Waals surface area contributed by atoms with E-state index in [1.165, 1.54) is 23.5 Å². The van der Waals surface area contributed by atoms with Crippen molar-refractivity contribution in [3.05, 3.63) is 58.5 Å². The van der Waals surface area contributed by atoms with Crippen LogP contribution >= 0.6 is 11.3 Å². The van der Waals surface area contributed by atoms with Gasteiger partial charge in [-0.25, -0.2) is 9.37 Å². The van der Waals surface area contributed by atoms with Gasteiger partial charge >= 0.3 is 0 Å². The lowest BCUT2D eigenvalue weighted by Crippen LogP contribution is -2.08. The molecule has 0 radical (unpaired) electrons. The molecule has 0 amide bonds. The van der Waals surface area contributed by atoms with E-state index in [9.17, 15) is 9.18 Å². The first kappa shape index (κ1) is 16.0. The first-order valence-corrected chi connectivity index (χ1v) is 9.19. The number of nitrogens with one attached hydrogen (secondary N) is 1. The molecule has 0 spiro atoms. The first-order chi connectivity index (χ1) is 12.2. The molecule has 4 rings (SSSR count). The Bertz CT molecular complexity index is 1150. The van der Waals surface area contributed by atoms with Crippen LogP contribution in [0.4, 0.5) is 10.2 Å². The van der Waals surface area contributed by atoms with Gasteiger partial charge in [0.1, 0.15) is 11.6 Å². The molecule has 2 aromatic heterocycles. The van der Waals surface area contributed by atoms with Crippen LogP contribution in [0.25, 0.3) is 31.1 Å². The smallest absolute Gasteiger partial charge is 0.196 e. The molecule has 3 nitrogen and oxygen atoms in total. The number of rotatable bonds is 4. The number of hydrogen-bond acceptors (Lipinski definition) is 4. The summed E-state index contributed by atoms with van der Waals surface area (Å²) in [6, 6.07) is 12.0. The van der Waals surface area contributed by atoms with E-state index in [1.54, 1.807) is 6.07 Å². The molecular weight excluding hydrogens is 335 g/mol. The zero-order valence-electron chi connectivity index (χ0n) is 13.8. The van der Waals surface area contributed by atoms with Gasteiger partial charge in [-0.1, -0.05) is 31.5 Å². The molecule has 2 heterocycles. The number of unbranched alkanes of at least 4 members (excludes halogenated alkanes) is 1. The number of anilines is 1. The number of para-hydroxylation sites is 1. The summed E-state index contributed by atoms with van der Waals surface area (Å²) in [5.74, 6) is 0.339. The number of hydrogen-bond donors (Lipinski definition) is 1. The van der Waals surface area contributed by atoms with E-state index in [0.717, 1.165) is 45.5 Å². The van der Waals surface area contributed by atoms with E-state index in [4.69, 9.17) is 4.98 Å². The fraction of sp³-hybridized carbons (Fsp3) is 0.200. The van der Waals surface area contributed by atoms with Gasteiger partial charge in [0.25, 0.3) is 0 Å². The minimum Gasteiger partial charge on any atom is -0.369 e. The second-order valence-corrected chi connectivity index (χ2v) is 7.09. The lowest BCUT2D eigenvalue weighted by Gasteiger charge is -2.11. The van der Waals surface area contributed by atoms with Gasteiger partial charge in [0.15, 0.2) is 5.43 Å². The standard InChI is InChI=1S/C20H17FN2OS/c1-2-3-10-22-20-19-17(13-6-4-5-7-15(13)23-20)18(24)14-11-12(21)8-9-16(14)25-19/h4-9,11H,2-3,10H2,1H3,(H,22,23). The van der Waals surface area contributed by atoms with Crippen LogP contribution in [0.3, 0.4) is 0 Å². The van der Waals surface area contributed by atoms with Crippen molar-refractivity contribution in [2.45, 2.75) is 19.8 Å². The molecular formula is C20H17FN2OS. The third-order valence-corrected chi connectivity index (χ3v) is 5.47. The molecule has 0 saturated carbocycles. The number of fused-ring (bicyclic) bond motifs is 4. The van der Waals surface area contributed by atoms with Crippen molar-refractivity contribution in [1.29, 1.82) is 0 Å². The van der Waals surface area contributed by atoms with Crippen LogP contribution < -0.4 is 10.7 Å². The molecule has 5 heteroatoms. The molecule has 0 saturated heterocycles. The lowest BCUT2D eigenvalue weighted by molar-refractivity contribution is 0.630. The van der Waals surface area contributed by atoms with E-state index >= 15 is 0 Å². The SMILES string of the molecule is CCCCNc1nc2ccccc2c2c(=O)c3cc(F)ccc3sc12. The number of nitrogens with zero attached hydrogens (tertiary/aromatic N) is 1. The molecule has 126 valence electrons. The molecule has 0 aliphatic rings. The van der Waals surface area contributed by atoms with Crippen LogP contribution in [-0.2, 0) is 0 Å². The largest absolute Gasteiger partial charge is 0.369 e. The average Bonchev–Trinajstić information content (AvgIpc) is 2.62. The summed E-state index contributed by atoms with van der Waals surface area (Å²) in [7, 11) is 0. The number of aromatic nitrogens is 1. The van der Waals surface area contributed by atoms with Crippen molar-refractivity contribution in [3.8, 4) is 0 Å². The van der Waals surface area contributed by atoms with Crippen LogP contribution in [0.5, 0.6) is 0 Å².